The van der Waals surface area contributed by atoms with E-state index in [1.807, 2.05) is 60.7 Å². The summed E-state index contributed by atoms with van der Waals surface area (Å²) in [7, 11) is 0. The van der Waals surface area contributed by atoms with Gasteiger partial charge in [-0.2, -0.15) is 12.6 Å². The molecule has 1 saturated heterocycles. The van der Waals surface area contributed by atoms with E-state index in [1.165, 1.54) is 4.90 Å². The van der Waals surface area contributed by atoms with Crippen LogP contribution in [0.25, 0.3) is 0 Å². The van der Waals surface area contributed by atoms with E-state index >= 15 is 0 Å². The van der Waals surface area contributed by atoms with Gasteiger partial charge in [0.25, 0.3) is 0 Å². The highest BCUT2D eigenvalue weighted by Crippen LogP contribution is 2.36. The van der Waals surface area contributed by atoms with Crippen molar-refractivity contribution >= 4 is 30.4 Å². The SMILES string of the molecule is C[C@H](NC(=O)[C@@H](S)Cc1ccccc1)C(=O)N1[C@@H](c2ccccc2)CC[C@H]1C(=O)O. The van der Waals surface area contributed by atoms with Crippen LogP contribution < -0.4 is 5.32 Å². The quantitative estimate of drug-likeness (QED) is 0.594. The van der Waals surface area contributed by atoms with E-state index in [9.17, 15) is 19.5 Å². The maximum Gasteiger partial charge on any atom is 0.326 e. The van der Waals surface area contributed by atoms with Crippen LogP contribution in [0.2, 0.25) is 0 Å². The molecule has 4 atom stereocenters. The first-order chi connectivity index (χ1) is 14.4. The van der Waals surface area contributed by atoms with Crippen molar-refractivity contribution in [2.75, 3.05) is 0 Å². The predicted octanol–water partition coefficient (Wildman–Crippen LogP) is 2.85. The minimum Gasteiger partial charge on any atom is -0.480 e. The molecule has 30 heavy (non-hydrogen) atoms. The molecule has 2 aromatic rings. The van der Waals surface area contributed by atoms with E-state index in [4.69, 9.17) is 0 Å². The normalized spacial score (nSPS) is 20.4. The Kier molecular flexibility index (Phi) is 7.15. The number of benzene rings is 2. The number of amides is 2. The highest BCUT2D eigenvalue weighted by molar-refractivity contribution is 7.81. The number of hydrogen-bond donors (Lipinski definition) is 3. The number of rotatable bonds is 7. The fourth-order valence-corrected chi connectivity index (χ4v) is 4.17. The predicted molar refractivity (Wildman–Crippen MR) is 117 cm³/mol. The number of thiol groups is 1. The molecule has 158 valence electrons. The first-order valence-electron chi connectivity index (χ1n) is 10.0. The van der Waals surface area contributed by atoms with Crippen molar-refractivity contribution in [3.8, 4) is 0 Å². The minimum absolute atomic E-state index is 0.324. The molecule has 2 amide bonds. The highest BCUT2D eigenvalue weighted by Gasteiger charge is 2.43. The van der Waals surface area contributed by atoms with Crippen molar-refractivity contribution in [3.05, 3.63) is 71.8 Å². The second-order valence-electron chi connectivity index (χ2n) is 7.54. The van der Waals surface area contributed by atoms with Gasteiger partial charge in [-0.1, -0.05) is 60.7 Å². The van der Waals surface area contributed by atoms with Gasteiger partial charge in [0.2, 0.25) is 11.8 Å². The molecule has 2 aromatic carbocycles. The second kappa shape index (κ2) is 9.80. The lowest BCUT2D eigenvalue weighted by atomic mass is 10.0. The Morgan fingerprint density at radius 1 is 1.07 bits per heavy atom. The van der Waals surface area contributed by atoms with Gasteiger partial charge in [0, 0.05) is 0 Å². The topological polar surface area (TPSA) is 86.7 Å². The van der Waals surface area contributed by atoms with Crippen LogP contribution >= 0.6 is 12.6 Å². The number of nitrogens with one attached hydrogen (secondary N) is 1. The molecular weight excluding hydrogens is 400 g/mol. The number of nitrogens with zero attached hydrogens (tertiary/aromatic N) is 1. The van der Waals surface area contributed by atoms with E-state index in [0.717, 1.165) is 11.1 Å². The molecule has 0 bridgehead atoms. The Morgan fingerprint density at radius 3 is 2.27 bits per heavy atom. The summed E-state index contributed by atoms with van der Waals surface area (Å²) in [6.45, 7) is 1.59. The van der Waals surface area contributed by atoms with Gasteiger partial charge in [0.1, 0.15) is 12.1 Å². The smallest absolute Gasteiger partial charge is 0.326 e. The Bertz CT molecular complexity index is 891. The number of carbonyl (C=O) groups excluding carboxylic acids is 2. The van der Waals surface area contributed by atoms with Gasteiger partial charge in [0.15, 0.2) is 0 Å². The molecule has 6 nitrogen and oxygen atoms in total. The van der Waals surface area contributed by atoms with Crippen molar-refractivity contribution in [2.45, 2.75) is 49.6 Å². The van der Waals surface area contributed by atoms with E-state index in [2.05, 4.69) is 17.9 Å². The average molecular weight is 427 g/mol. The summed E-state index contributed by atoms with van der Waals surface area (Å²) in [4.78, 5) is 38.9. The summed E-state index contributed by atoms with van der Waals surface area (Å²) < 4.78 is 0. The molecule has 0 aromatic heterocycles. The van der Waals surface area contributed by atoms with Crippen LogP contribution in [0.15, 0.2) is 60.7 Å². The summed E-state index contributed by atoms with van der Waals surface area (Å²) in [6.07, 6.45) is 1.38. The molecule has 0 aliphatic carbocycles. The summed E-state index contributed by atoms with van der Waals surface area (Å²) in [5.74, 6) is -1.79. The van der Waals surface area contributed by atoms with Gasteiger partial charge in [-0.05, 0) is 37.3 Å². The van der Waals surface area contributed by atoms with Crippen LogP contribution in [0.5, 0.6) is 0 Å². The van der Waals surface area contributed by atoms with E-state index in [0.29, 0.717) is 19.3 Å². The maximum absolute atomic E-state index is 13.2. The fraction of sp³-hybridized carbons (Fsp3) is 0.348. The summed E-state index contributed by atoms with van der Waals surface area (Å²) >= 11 is 4.38. The van der Waals surface area contributed by atoms with Crippen molar-refractivity contribution in [1.82, 2.24) is 10.2 Å². The van der Waals surface area contributed by atoms with Crippen LogP contribution in [-0.2, 0) is 20.8 Å². The number of carbonyl (C=O) groups is 3. The van der Waals surface area contributed by atoms with Crippen LogP contribution in [-0.4, -0.2) is 45.1 Å². The van der Waals surface area contributed by atoms with Gasteiger partial charge in [-0.25, -0.2) is 4.79 Å². The van der Waals surface area contributed by atoms with Gasteiger partial charge < -0.3 is 15.3 Å². The molecule has 1 aliphatic heterocycles. The third kappa shape index (κ3) is 5.02. The summed E-state index contributed by atoms with van der Waals surface area (Å²) in [6, 6.07) is 16.8. The number of aliphatic carboxylic acids is 1. The third-order valence-corrected chi connectivity index (χ3v) is 5.83. The summed E-state index contributed by atoms with van der Waals surface area (Å²) in [5, 5.41) is 11.7. The zero-order chi connectivity index (χ0) is 21.7. The molecule has 0 radical (unpaired) electrons. The van der Waals surface area contributed by atoms with E-state index in [-0.39, 0.29) is 11.9 Å². The molecule has 1 fully saturated rings. The lowest BCUT2D eigenvalue weighted by Crippen LogP contribution is -2.52. The first-order valence-corrected chi connectivity index (χ1v) is 10.5. The molecule has 0 saturated carbocycles. The summed E-state index contributed by atoms with van der Waals surface area (Å²) in [5.41, 5.74) is 1.87. The standard InChI is InChI=1S/C23H26N2O4S/c1-15(24-21(26)20(30)14-16-8-4-2-5-9-16)22(27)25-18(12-13-19(25)23(28)29)17-10-6-3-7-11-17/h2-11,15,18-20,30H,12-14H2,1H3,(H,24,26)(H,28,29)/t15-,18+,19-,20-/m0/s1. The lowest BCUT2D eigenvalue weighted by molar-refractivity contribution is -0.150. The van der Waals surface area contributed by atoms with E-state index < -0.39 is 29.2 Å². The average Bonchev–Trinajstić information content (AvgIpc) is 3.20. The lowest BCUT2D eigenvalue weighted by Gasteiger charge is -2.31. The van der Waals surface area contributed by atoms with Crippen LogP contribution in [0.3, 0.4) is 0 Å². The van der Waals surface area contributed by atoms with Crippen LogP contribution in [0, 0.1) is 0 Å². The van der Waals surface area contributed by atoms with Crippen molar-refractivity contribution in [1.29, 1.82) is 0 Å². The largest absolute Gasteiger partial charge is 0.480 e. The molecular formula is C23H26N2O4S. The minimum atomic E-state index is -1.03. The monoisotopic (exact) mass is 426 g/mol. The maximum atomic E-state index is 13.2. The molecule has 1 heterocycles. The fourth-order valence-electron chi connectivity index (χ4n) is 3.89. The van der Waals surface area contributed by atoms with Gasteiger partial charge in [-0.15, -0.1) is 0 Å². The van der Waals surface area contributed by atoms with Crippen molar-refractivity contribution < 1.29 is 19.5 Å². The zero-order valence-electron chi connectivity index (χ0n) is 16.8. The molecule has 0 spiro atoms. The number of carboxylic acids is 1. The third-order valence-electron chi connectivity index (χ3n) is 5.41. The van der Waals surface area contributed by atoms with Crippen molar-refractivity contribution in [2.24, 2.45) is 0 Å². The zero-order valence-corrected chi connectivity index (χ0v) is 17.7. The molecule has 1 aliphatic rings. The highest BCUT2D eigenvalue weighted by atomic mass is 32.1. The Morgan fingerprint density at radius 2 is 1.67 bits per heavy atom. The van der Waals surface area contributed by atoms with Crippen molar-refractivity contribution in [3.63, 3.8) is 0 Å². The first kappa shape index (κ1) is 21.9. The Labute approximate surface area is 181 Å². The number of hydrogen-bond acceptors (Lipinski definition) is 4. The molecule has 3 rings (SSSR count). The van der Waals surface area contributed by atoms with Crippen LogP contribution in [0.4, 0.5) is 0 Å². The molecule has 0 unspecified atom stereocenters. The molecule has 2 N–H and O–H groups in total. The van der Waals surface area contributed by atoms with Gasteiger partial charge in [0.05, 0.1) is 11.3 Å². The Balaban J connectivity index is 1.70. The second-order valence-corrected chi connectivity index (χ2v) is 8.16. The van der Waals surface area contributed by atoms with Gasteiger partial charge in [-0.3, -0.25) is 9.59 Å². The molecule has 7 heteroatoms. The number of likely N-dealkylation sites (tertiary alicyclic amines) is 1. The van der Waals surface area contributed by atoms with Crippen LogP contribution in [0.1, 0.15) is 36.9 Å². The van der Waals surface area contributed by atoms with Gasteiger partial charge >= 0.3 is 5.97 Å². The Hall–Kier alpha value is -2.80. The van der Waals surface area contributed by atoms with E-state index in [1.54, 1.807) is 6.92 Å². The number of carboxylic acid groups (broad SMARTS) is 1.